The first-order valence-corrected chi connectivity index (χ1v) is 11.4. The molecule has 0 heterocycles. The summed E-state index contributed by atoms with van der Waals surface area (Å²) >= 11 is 12.2. The molecule has 1 N–H and O–H groups in total. The van der Waals surface area contributed by atoms with Crippen molar-refractivity contribution in [1.29, 1.82) is 0 Å². The molecule has 0 saturated heterocycles. The molecule has 0 bridgehead atoms. The van der Waals surface area contributed by atoms with Crippen LogP contribution in [0.15, 0.2) is 42.5 Å². The molecule has 4 nitrogen and oxygen atoms in total. The van der Waals surface area contributed by atoms with Crippen molar-refractivity contribution in [2.24, 2.45) is 0 Å². The van der Waals surface area contributed by atoms with E-state index in [9.17, 15) is 14.0 Å². The predicted octanol–water partition coefficient (Wildman–Crippen LogP) is 5.54. The van der Waals surface area contributed by atoms with Gasteiger partial charge in [-0.15, -0.1) is 0 Å². The van der Waals surface area contributed by atoms with E-state index < -0.39 is 11.9 Å². The van der Waals surface area contributed by atoms with E-state index in [1.807, 2.05) is 6.07 Å². The lowest BCUT2D eigenvalue weighted by Gasteiger charge is -2.31. The van der Waals surface area contributed by atoms with Gasteiger partial charge in [0, 0.05) is 28.2 Å². The van der Waals surface area contributed by atoms with Gasteiger partial charge in [-0.3, -0.25) is 9.59 Å². The molecule has 0 aliphatic heterocycles. The number of nitrogens with zero attached hydrogens (tertiary/aromatic N) is 1. The van der Waals surface area contributed by atoms with Crippen molar-refractivity contribution in [2.75, 3.05) is 0 Å². The Morgan fingerprint density at radius 3 is 2.52 bits per heavy atom. The third-order valence-electron chi connectivity index (χ3n) is 5.75. The number of hydrogen-bond donors (Lipinski definition) is 1. The maximum Gasteiger partial charge on any atom is 0.242 e. The van der Waals surface area contributed by atoms with Crippen LogP contribution < -0.4 is 5.32 Å². The Morgan fingerprint density at radius 2 is 1.84 bits per heavy atom. The predicted molar refractivity (Wildman–Crippen MR) is 122 cm³/mol. The fourth-order valence-corrected chi connectivity index (χ4v) is 4.38. The zero-order valence-electron chi connectivity index (χ0n) is 17.5. The van der Waals surface area contributed by atoms with Crippen molar-refractivity contribution in [3.8, 4) is 0 Å². The Hall–Kier alpha value is -2.11. The normalized spacial score (nSPS) is 15.4. The molecular weight excluding hydrogens is 438 g/mol. The number of hydrogen-bond acceptors (Lipinski definition) is 2. The number of halogens is 3. The van der Waals surface area contributed by atoms with Crippen molar-refractivity contribution in [2.45, 2.75) is 64.1 Å². The minimum atomic E-state index is -0.723. The summed E-state index contributed by atoms with van der Waals surface area (Å²) < 4.78 is 14.3. The van der Waals surface area contributed by atoms with Gasteiger partial charge < -0.3 is 10.2 Å². The average Bonchev–Trinajstić information content (AvgIpc) is 2.75. The van der Waals surface area contributed by atoms with Crippen molar-refractivity contribution in [1.82, 2.24) is 10.2 Å². The molecule has 0 unspecified atom stereocenters. The number of nitrogens with one attached hydrogen (secondary N) is 1. The molecule has 1 saturated carbocycles. The second-order valence-electron chi connectivity index (χ2n) is 8.05. The van der Waals surface area contributed by atoms with Gasteiger partial charge in [0.15, 0.2) is 0 Å². The molecule has 1 fully saturated rings. The molecule has 2 aromatic rings. The van der Waals surface area contributed by atoms with Gasteiger partial charge in [-0.25, -0.2) is 4.39 Å². The summed E-state index contributed by atoms with van der Waals surface area (Å²) in [6.07, 6.45) is 5.04. The van der Waals surface area contributed by atoms with Crippen LogP contribution in [0.1, 0.15) is 50.2 Å². The fourth-order valence-electron chi connectivity index (χ4n) is 3.94. The maximum atomic E-state index is 14.3. The summed E-state index contributed by atoms with van der Waals surface area (Å²) in [6, 6.07) is 10.9. The molecular formula is C24H27Cl2FN2O2. The molecule has 31 heavy (non-hydrogen) atoms. The van der Waals surface area contributed by atoms with E-state index in [1.54, 1.807) is 31.2 Å². The minimum absolute atomic E-state index is 0.130. The van der Waals surface area contributed by atoms with Gasteiger partial charge in [0.05, 0.1) is 6.42 Å². The summed E-state index contributed by atoms with van der Waals surface area (Å²) in [4.78, 5) is 27.7. The molecule has 0 aromatic heterocycles. The van der Waals surface area contributed by atoms with E-state index in [0.717, 1.165) is 31.2 Å². The van der Waals surface area contributed by atoms with Crippen molar-refractivity contribution in [3.63, 3.8) is 0 Å². The quantitative estimate of drug-likeness (QED) is 0.584. The Bertz CT molecular complexity index is 911. The summed E-state index contributed by atoms with van der Waals surface area (Å²) in [7, 11) is 0. The topological polar surface area (TPSA) is 49.4 Å². The summed E-state index contributed by atoms with van der Waals surface area (Å²) in [6.45, 7) is 1.88. The van der Waals surface area contributed by atoms with Crippen molar-refractivity contribution in [3.05, 3.63) is 69.5 Å². The van der Waals surface area contributed by atoms with Gasteiger partial charge in [0.2, 0.25) is 11.8 Å². The third-order valence-corrected chi connectivity index (χ3v) is 6.34. The zero-order chi connectivity index (χ0) is 22.4. The molecule has 1 atom stereocenters. The molecule has 0 radical (unpaired) electrons. The molecule has 166 valence electrons. The average molecular weight is 465 g/mol. The van der Waals surface area contributed by atoms with Crippen LogP contribution in [0.25, 0.3) is 0 Å². The Morgan fingerprint density at radius 1 is 1.13 bits per heavy atom. The highest BCUT2D eigenvalue weighted by Gasteiger charge is 2.29. The van der Waals surface area contributed by atoms with Crippen molar-refractivity contribution < 1.29 is 14.0 Å². The maximum absolute atomic E-state index is 14.3. The summed E-state index contributed by atoms with van der Waals surface area (Å²) in [5.41, 5.74) is 0.919. The van der Waals surface area contributed by atoms with Gasteiger partial charge >= 0.3 is 0 Å². The Labute approximate surface area is 192 Å². The van der Waals surface area contributed by atoms with Crippen LogP contribution in [0.4, 0.5) is 4.39 Å². The zero-order valence-corrected chi connectivity index (χ0v) is 19.1. The van der Waals surface area contributed by atoms with Crippen LogP contribution in [0.3, 0.4) is 0 Å². The van der Waals surface area contributed by atoms with E-state index in [1.165, 1.54) is 23.5 Å². The smallest absolute Gasteiger partial charge is 0.242 e. The monoisotopic (exact) mass is 464 g/mol. The SMILES string of the molecule is C[C@@H](C(=O)NC1CCCCC1)N(Cc1cccc(Cl)c1)C(=O)Cc1c(F)cccc1Cl. The van der Waals surface area contributed by atoms with Crippen LogP contribution >= 0.6 is 23.2 Å². The van der Waals surface area contributed by atoms with Crippen LogP contribution in [-0.4, -0.2) is 28.8 Å². The fraction of sp³-hybridized carbons (Fsp3) is 0.417. The molecule has 1 aliphatic rings. The van der Waals surface area contributed by atoms with Crippen LogP contribution in [-0.2, 0) is 22.6 Å². The van der Waals surface area contributed by atoms with Gasteiger partial charge in [-0.1, -0.05) is 60.7 Å². The first-order valence-electron chi connectivity index (χ1n) is 10.6. The van der Waals surface area contributed by atoms with E-state index in [0.29, 0.717) is 5.02 Å². The minimum Gasteiger partial charge on any atom is -0.352 e. The van der Waals surface area contributed by atoms with Crippen LogP contribution in [0.5, 0.6) is 0 Å². The second kappa shape index (κ2) is 11.0. The van der Waals surface area contributed by atoms with E-state index in [2.05, 4.69) is 5.32 Å². The summed E-state index contributed by atoms with van der Waals surface area (Å²) in [5, 5.41) is 3.81. The van der Waals surface area contributed by atoms with E-state index >= 15 is 0 Å². The molecule has 2 amide bonds. The number of carbonyl (C=O) groups is 2. The van der Waals surface area contributed by atoms with Crippen LogP contribution in [0, 0.1) is 5.82 Å². The number of amides is 2. The van der Waals surface area contributed by atoms with E-state index in [-0.39, 0.29) is 41.4 Å². The largest absolute Gasteiger partial charge is 0.352 e. The number of rotatable bonds is 7. The van der Waals surface area contributed by atoms with Crippen molar-refractivity contribution >= 4 is 35.0 Å². The molecule has 7 heteroatoms. The van der Waals surface area contributed by atoms with Gasteiger partial charge in [0.1, 0.15) is 11.9 Å². The lowest BCUT2D eigenvalue weighted by Crippen LogP contribution is -2.50. The van der Waals surface area contributed by atoms with Gasteiger partial charge in [0.25, 0.3) is 0 Å². The lowest BCUT2D eigenvalue weighted by atomic mass is 9.95. The molecule has 0 spiro atoms. The first-order chi connectivity index (χ1) is 14.8. The Balaban J connectivity index is 1.80. The van der Waals surface area contributed by atoms with E-state index in [4.69, 9.17) is 23.2 Å². The lowest BCUT2D eigenvalue weighted by molar-refractivity contribution is -0.140. The number of benzene rings is 2. The highest BCUT2D eigenvalue weighted by molar-refractivity contribution is 6.31. The Kier molecular flexibility index (Phi) is 8.33. The third kappa shape index (κ3) is 6.44. The second-order valence-corrected chi connectivity index (χ2v) is 8.89. The first kappa shape index (κ1) is 23.6. The van der Waals surface area contributed by atoms with Gasteiger partial charge in [-0.05, 0) is 49.6 Å². The highest BCUT2D eigenvalue weighted by atomic mass is 35.5. The highest BCUT2D eigenvalue weighted by Crippen LogP contribution is 2.23. The number of carbonyl (C=O) groups excluding carboxylic acids is 2. The molecule has 3 rings (SSSR count). The van der Waals surface area contributed by atoms with Crippen LogP contribution in [0.2, 0.25) is 10.0 Å². The standard InChI is InChI=1S/C24H27Cl2FN2O2/c1-16(24(31)28-19-9-3-2-4-10-19)29(15-17-7-5-8-18(25)13-17)23(30)14-20-21(26)11-6-12-22(20)27/h5-8,11-13,16,19H,2-4,9-10,14-15H2,1H3,(H,28,31)/t16-/m0/s1. The summed E-state index contributed by atoms with van der Waals surface area (Å²) in [5.74, 6) is -1.12. The molecule has 1 aliphatic carbocycles. The molecule has 2 aromatic carbocycles. The van der Waals surface area contributed by atoms with Gasteiger partial charge in [-0.2, -0.15) is 0 Å².